The van der Waals surface area contributed by atoms with Crippen LogP contribution >= 0.6 is 0 Å². The lowest BCUT2D eigenvalue weighted by atomic mass is 10.2. The molecule has 0 spiro atoms. The Balaban J connectivity index is 2.25. The summed E-state index contributed by atoms with van der Waals surface area (Å²) in [6.45, 7) is 0. The Morgan fingerprint density at radius 3 is 2.76 bits per heavy atom. The fraction of sp³-hybridized carbons (Fsp3) is 0.167. The number of hydrogen-bond donors (Lipinski definition) is 1. The Kier molecular flexibility index (Phi) is 3.20. The van der Waals surface area contributed by atoms with Crippen molar-refractivity contribution in [2.45, 2.75) is 6.04 Å². The highest BCUT2D eigenvalue weighted by atomic mass is 16.5. The Hall–Kier alpha value is -2.14. The zero-order valence-electron chi connectivity index (χ0n) is 9.41. The molecule has 1 atom stereocenters. The van der Waals surface area contributed by atoms with E-state index in [1.54, 1.807) is 17.1 Å². The minimum absolute atomic E-state index is 0.474. The van der Waals surface area contributed by atoms with Crippen molar-refractivity contribution in [3.05, 3.63) is 48.3 Å². The van der Waals surface area contributed by atoms with Gasteiger partial charge in [-0.1, -0.05) is 18.2 Å². The number of esters is 1. The van der Waals surface area contributed by atoms with Gasteiger partial charge >= 0.3 is 5.97 Å². The van der Waals surface area contributed by atoms with E-state index >= 15 is 0 Å². The Labute approximate surface area is 98.8 Å². The van der Waals surface area contributed by atoms with Crippen molar-refractivity contribution < 1.29 is 9.53 Å². The van der Waals surface area contributed by atoms with Gasteiger partial charge in [-0.2, -0.15) is 5.10 Å². The fourth-order valence-electron chi connectivity index (χ4n) is 1.48. The monoisotopic (exact) mass is 231 g/mol. The van der Waals surface area contributed by atoms with E-state index in [0.717, 1.165) is 5.69 Å². The quantitative estimate of drug-likeness (QED) is 0.801. The number of nitrogens with two attached hydrogens (primary N) is 1. The number of methoxy groups -OCH3 is 1. The van der Waals surface area contributed by atoms with Gasteiger partial charge in [0.25, 0.3) is 0 Å². The minimum atomic E-state index is -0.794. The second-order valence-electron chi connectivity index (χ2n) is 3.55. The molecule has 0 saturated heterocycles. The molecule has 2 rings (SSSR count). The van der Waals surface area contributed by atoms with Crippen LogP contribution in [0.5, 0.6) is 0 Å². The number of carbonyl (C=O) groups is 1. The van der Waals surface area contributed by atoms with Gasteiger partial charge in [0.1, 0.15) is 6.04 Å². The van der Waals surface area contributed by atoms with E-state index in [9.17, 15) is 4.79 Å². The standard InChI is InChI=1S/C12H13N3O2/c1-17-12(16)11(13)9-7-14-15(8-9)10-5-3-2-4-6-10/h2-8,11H,13H2,1H3/t11-/m0/s1. The highest BCUT2D eigenvalue weighted by Gasteiger charge is 2.18. The maximum absolute atomic E-state index is 11.3. The third-order valence-electron chi connectivity index (χ3n) is 2.44. The molecule has 88 valence electrons. The van der Waals surface area contributed by atoms with Gasteiger partial charge in [-0.05, 0) is 12.1 Å². The van der Waals surface area contributed by atoms with E-state index in [4.69, 9.17) is 5.73 Å². The van der Waals surface area contributed by atoms with Gasteiger partial charge in [-0.25, -0.2) is 4.68 Å². The summed E-state index contributed by atoms with van der Waals surface area (Å²) in [4.78, 5) is 11.3. The van der Waals surface area contributed by atoms with E-state index in [1.807, 2.05) is 30.3 Å². The summed E-state index contributed by atoms with van der Waals surface area (Å²) in [5.41, 5.74) is 7.25. The highest BCUT2D eigenvalue weighted by Crippen LogP contribution is 2.13. The van der Waals surface area contributed by atoms with Crippen LogP contribution in [0.3, 0.4) is 0 Å². The lowest BCUT2D eigenvalue weighted by Crippen LogP contribution is -2.22. The first-order valence-electron chi connectivity index (χ1n) is 5.16. The zero-order valence-corrected chi connectivity index (χ0v) is 9.41. The molecule has 1 heterocycles. The largest absolute Gasteiger partial charge is 0.468 e. The molecule has 0 aliphatic heterocycles. The first-order valence-corrected chi connectivity index (χ1v) is 5.16. The molecule has 0 aliphatic carbocycles. The van der Waals surface area contributed by atoms with Gasteiger partial charge in [-0.15, -0.1) is 0 Å². The molecule has 1 aromatic carbocycles. The summed E-state index contributed by atoms with van der Waals surface area (Å²) in [6.07, 6.45) is 3.28. The van der Waals surface area contributed by atoms with E-state index in [0.29, 0.717) is 5.56 Å². The van der Waals surface area contributed by atoms with E-state index in [1.165, 1.54) is 7.11 Å². The Morgan fingerprint density at radius 2 is 2.12 bits per heavy atom. The number of nitrogens with zero attached hydrogens (tertiary/aromatic N) is 2. The predicted molar refractivity (Wildman–Crippen MR) is 62.5 cm³/mol. The minimum Gasteiger partial charge on any atom is -0.468 e. The van der Waals surface area contributed by atoms with Crippen molar-refractivity contribution in [2.75, 3.05) is 7.11 Å². The van der Waals surface area contributed by atoms with Crippen LogP contribution in [-0.4, -0.2) is 22.9 Å². The number of hydrogen-bond acceptors (Lipinski definition) is 4. The van der Waals surface area contributed by atoms with Crippen molar-refractivity contribution in [2.24, 2.45) is 5.73 Å². The van der Waals surface area contributed by atoms with Crippen LogP contribution < -0.4 is 5.73 Å². The Bertz CT molecular complexity index is 507. The molecule has 2 aromatic rings. The van der Waals surface area contributed by atoms with Gasteiger partial charge in [-0.3, -0.25) is 4.79 Å². The van der Waals surface area contributed by atoms with Gasteiger partial charge in [0.2, 0.25) is 0 Å². The number of benzene rings is 1. The summed E-state index contributed by atoms with van der Waals surface area (Å²) in [6, 6.07) is 8.79. The average Bonchev–Trinajstić information content (AvgIpc) is 2.87. The van der Waals surface area contributed by atoms with E-state index in [-0.39, 0.29) is 0 Å². The summed E-state index contributed by atoms with van der Waals surface area (Å²) in [7, 11) is 1.31. The van der Waals surface area contributed by atoms with Crippen LogP contribution in [0, 0.1) is 0 Å². The molecule has 1 aromatic heterocycles. The third kappa shape index (κ3) is 2.34. The van der Waals surface area contributed by atoms with Crippen LogP contribution in [0.15, 0.2) is 42.7 Å². The lowest BCUT2D eigenvalue weighted by molar-refractivity contribution is -0.142. The molecular weight excluding hydrogens is 218 g/mol. The van der Waals surface area contributed by atoms with Crippen LogP contribution in [0.1, 0.15) is 11.6 Å². The van der Waals surface area contributed by atoms with Crippen molar-refractivity contribution in [3.63, 3.8) is 0 Å². The van der Waals surface area contributed by atoms with Crippen LogP contribution in [-0.2, 0) is 9.53 Å². The molecular formula is C12H13N3O2. The van der Waals surface area contributed by atoms with Crippen LogP contribution in [0.25, 0.3) is 5.69 Å². The summed E-state index contributed by atoms with van der Waals surface area (Å²) >= 11 is 0. The number of para-hydroxylation sites is 1. The molecule has 0 amide bonds. The SMILES string of the molecule is COC(=O)[C@@H](N)c1cnn(-c2ccccc2)c1. The molecule has 2 N–H and O–H groups in total. The Morgan fingerprint density at radius 1 is 1.41 bits per heavy atom. The lowest BCUT2D eigenvalue weighted by Gasteiger charge is -2.05. The van der Waals surface area contributed by atoms with E-state index in [2.05, 4.69) is 9.84 Å². The normalized spacial score (nSPS) is 12.1. The zero-order chi connectivity index (χ0) is 12.3. The maximum Gasteiger partial charge on any atom is 0.327 e. The molecule has 17 heavy (non-hydrogen) atoms. The number of aromatic nitrogens is 2. The molecule has 0 bridgehead atoms. The number of rotatable bonds is 3. The van der Waals surface area contributed by atoms with Crippen molar-refractivity contribution >= 4 is 5.97 Å². The second-order valence-corrected chi connectivity index (χ2v) is 3.55. The number of ether oxygens (including phenoxy) is 1. The second kappa shape index (κ2) is 4.80. The molecule has 0 fully saturated rings. The first-order chi connectivity index (χ1) is 8.22. The summed E-state index contributed by atoms with van der Waals surface area (Å²) < 4.78 is 6.25. The molecule has 0 saturated carbocycles. The molecule has 5 heteroatoms. The average molecular weight is 231 g/mol. The fourth-order valence-corrected chi connectivity index (χ4v) is 1.48. The molecule has 0 unspecified atom stereocenters. The van der Waals surface area contributed by atoms with Gasteiger partial charge in [0.05, 0.1) is 19.0 Å². The third-order valence-corrected chi connectivity index (χ3v) is 2.44. The van der Waals surface area contributed by atoms with Gasteiger partial charge < -0.3 is 10.5 Å². The smallest absolute Gasteiger partial charge is 0.327 e. The molecule has 0 aliphatic rings. The van der Waals surface area contributed by atoms with Crippen molar-refractivity contribution in [3.8, 4) is 5.69 Å². The predicted octanol–water partition coefficient (Wildman–Crippen LogP) is 1.05. The van der Waals surface area contributed by atoms with Gasteiger partial charge in [0, 0.05) is 11.8 Å². The first kappa shape index (κ1) is 11.3. The van der Waals surface area contributed by atoms with Crippen LogP contribution in [0.2, 0.25) is 0 Å². The van der Waals surface area contributed by atoms with Gasteiger partial charge in [0.15, 0.2) is 0 Å². The van der Waals surface area contributed by atoms with E-state index < -0.39 is 12.0 Å². The highest BCUT2D eigenvalue weighted by molar-refractivity contribution is 5.77. The molecule has 5 nitrogen and oxygen atoms in total. The molecule has 0 radical (unpaired) electrons. The topological polar surface area (TPSA) is 70.1 Å². The van der Waals surface area contributed by atoms with Crippen LogP contribution in [0.4, 0.5) is 0 Å². The maximum atomic E-state index is 11.3. The van der Waals surface area contributed by atoms with Crippen molar-refractivity contribution in [1.29, 1.82) is 0 Å². The van der Waals surface area contributed by atoms with Crippen molar-refractivity contribution in [1.82, 2.24) is 9.78 Å². The summed E-state index contributed by atoms with van der Waals surface area (Å²) in [5, 5.41) is 4.15. The summed E-state index contributed by atoms with van der Waals surface area (Å²) in [5.74, 6) is -0.474. The number of carbonyl (C=O) groups excluding carboxylic acids is 1.